The maximum absolute atomic E-state index is 5.43. The van der Waals surface area contributed by atoms with E-state index in [0.717, 1.165) is 23.4 Å². The summed E-state index contributed by atoms with van der Waals surface area (Å²) in [6.07, 6.45) is 1.16. The molecular weight excluding hydrogens is 174 g/mol. The zero-order valence-electron chi connectivity index (χ0n) is 8.87. The quantitative estimate of drug-likeness (QED) is 0.720. The fraction of sp³-hybridized carbons (Fsp3) is 0.417. The molecule has 0 aliphatic carbocycles. The second-order valence-corrected chi connectivity index (χ2v) is 3.77. The maximum atomic E-state index is 5.43. The van der Waals surface area contributed by atoms with E-state index in [4.69, 9.17) is 4.42 Å². The van der Waals surface area contributed by atoms with Crippen LogP contribution in [0.5, 0.6) is 0 Å². The first-order valence-corrected chi connectivity index (χ1v) is 5.07. The van der Waals surface area contributed by atoms with Crippen molar-refractivity contribution in [3.63, 3.8) is 0 Å². The molecule has 0 N–H and O–H groups in total. The van der Waals surface area contributed by atoms with Crippen LogP contribution < -0.4 is 0 Å². The number of hydrogen-bond donors (Lipinski definition) is 0. The van der Waals surface area contributed by atoms with Gasteiger partial charge in [0.1, 0.15) is 5.52 Å². The second-order valence-electron chi connectivity index (χ2n) is 3.77. The van der Waals surface area contributed by atoms with Crippen LogP contribution >= 0.6 is 0 Å². The number of nitrogens with zero attached hydrogens (tertiary/aromatic N) is 1. The smallest absolute Gasteiger partial charge is 0.192 e. The van der Waals surface area contributed by atoms with Gasteiger partial charge < -0.3 is 4.42 Å². The molecular formula is C12H15NO. The SMILES string of the molecule is CC[C@@H](C)c1ccc2oc(C)nc2c1. The van der Waals surface area contributed by atoms with Crippen molar-refractivity contribution in [1.29, 1.82) is 0 Å². The molecule has 1 aromatic carbocycles. The third kappa shape index (κ3) is 1.52. The van der Waals surface area contributed by atoms with Crippen LogP contribution in [-0.2, 0) is 0 Å². The summed E-state index contributed by atoms with van der Waals surface area (Å²) in [5.41, 5.74) is 3.20. The molecule has 0 amide bonds. The Hall–Kier alpha value is -1.31. The molecule has 0 saturated carbocycles. The van der Waals surface area contributed by atoms with Crippen LogP contribution in [0.1, 0.15) is 37.6 Å². The van der Waals surface area contributed by atoms with Gasteiger partial charge in [0.05, 0.1) is 0 Å². The van der Waals surface area contributed by atoms with Crippen LogP contribution in [0.2, 0.25) is 0 Å². The van der Waals surface area contributed by atoms with E-state index in [0.29, 0.717) is 5.92 Å². The number of aromatic nitrogens is 1. The van der Waals surface area contributed by atoms with E-state index >= 15 is 0 Å². The Morgan fingerprint density at radius 3 is 2.93 bits per heavy atom. The highest BCUT2D eigenvalue weighted by molar-refractivity contribution is 5.73. The molecule has 2 nitrogen and oxygen atoms in total. The highest BCUT2D eigenvalue weighted by Gasteiger charge is 2.06. The number of fused-ring (bicyclic) bond motifs is 1. The third-order valence-corrected chi connectivity index (χ3v) is 2.70. The lowest BCUT2D eigenvalue weighted by Gasteiger charge is -2.07. The van der Waals surface area contributed by atoms with Gasteiger partial charge in [0.25, 0.3) is 0 Å². The molecule has 2 aromatic rings. The van der Waals surface area contributed by atoms with Gasteiger partial charge in [0.2, 0.25) is 0 Å². The minimum absolute atomic E-state index is 0.594. The fourth-order valence-corrected chi connectivity index (χ4v) is 1.60. The first-order valence-electron chi connectivity index (χ1n) is 5.07. The van der Waals surface area contributed by atoms with Gasteiger partial charge in [-0.25, -0.2) is 4.98 Å². The third-order valence-electron chi connectivity index (χ3n) is 2.70. The summed E-state index contributed by atoms with van der Waals surface area (Å²) < 4.78 is 5.43. The van der Waals surface area contributed by atoms with Crippen LogP contribution in [0.4, 0.5) is 0 Å². The molecule has 0 aliphatic heterocycles. The van der Waals surface area contributed by atoms with E-state index in [1.54, 1.807) is 0 Å². The molecule has 1 atom stereocenters. The molecule has 0 unspecified atom stereocenters. The Kier molecular flexibility index (Phi) is 2.28. The lowest BCUT2D eigenvalue weighted by Crippen LogP contribution is -1.90. The van der Waals surface area contributed by atoms with Gasteiger partial charge in [0, 0.05) is 6.92 Å². The van der Waals surface area contributed by atoms with Gasteiger partial charge in [0.15, 0.2) is 11.5 Å². The van der Waals surface area contributed by atoms with Crippen molar-refractivity contribution in [1.82, 2.24) is 4.98 Å². The van der Waals surface area contributed by atoms with Gasteiger partial charge >= 0.3 is 0 Å². The van der Waals surface area contributed by atoms with E-state index in [2.05, 4.69) is 31.0 Å². The predicted octanol–water partition coefficient (Wildman–Crippen LogP) is 3.65. The minimum atomic E-state index is 0.594. The summed E-state index contributed by atoms with van der Waals surface area (Å²) in [5.74, 6) is 1.33. The van der Waals surface area contributed by atoms with Gasteiger partial charge in [-0.05, 0) is 30.0 Å². The largest absolute Gasteiger partial charge is 0.441 e. The number of rotatable bonds is 2. The molecule has 0 bridgehead atoms. The molecule has 1 heterocycles. The van der Waals surface area contributed by atoms with Gasteiger partial charge in [-0.3, -0.25) is 0 Å². The summed E-state index contributed by atoms with van der Waals surface area (Å²) in [6.45, 7) is 6.31. The highest BCUT2D eigenvalue weighted by atomic mass is 16.3. The topological polar surface area (TPSA) is 26.0 Å². The monoisotopic (exact) mass is 189 g/mol. The van der Waals surface area contributed by atoms with E-state index in [1.165, 1.54) is 5.56 Å². The van der Waals surface area contributed by atoms with Crippen molar-refractivity contribution >= 4 is 11.1 Å². The predicted molar refractivity (Wildman–Crippen MR) is 57.5 cm³/mol. The molecule has 0 saturated heterocycles. The van der Waals surface area contributed by atoms with Gasteiger partial charge in [-0.15, -0.1) is 0 Å². The molecule has 2 heteroatoms. The second kappa shape index (κ2) is 3.45. The summed E-state index contributed by atoms with van der Waals surface area (Å²) in [5, 5.41) is 0. The number of aryl methyl sites for hydroxylation is 1. The first kappa shape index (κ1) is 9.25. The normalized spacial score (nSPS) is 13.4. The van der Waals surface area contributed by atoms with Crippen LogP contribution in [0.3, 0.4) is 0 Å². The molecule has 1 aromatic heterocycles. The number of oxazole rings is 1. The minimum Gasteiger partial charge on any atom is -0.441 e. The van der Waals surface area contributed by atoms with Crippen LogP contribution in [-0.4, -0.2) is 4.98 Å². The van der Waals surface area contributed by atoms with Crippen LogP contribution in [0.15, 0.2) is 22.6 Å². The Bertz CT molecular complexity index is 445. The number of benzene rings is 1. The molecule has 2 rings (SSSR count). The average molecular weight is 189 g/mol. The van der Waals surface area contributed by atoms with Gasteiger partial charge in [-0.2, -0.15) is 0 Å². The molecule has 14 heavy (non-hydrogen) atoms. The Morgan fingerprint density at radius 2 is 2.21 bits per heavy atom. The van der Waals surface area contributed by atoms with Crippen LogP contribution in [0, 0.1) is 6.92 Å². The van der Waals surface area contributed by atoms with E-state index in [9.17, 15) is 0 Å². The zero-order chi connectivity index (χ0) is 10.1. The van der Waals surface area contributed by atoms with Crippen molar-refractivity contribution in [2.75, 3.05) is 0 Å². The standard InChI is InChI=1S/C12H15NO/c1-4-8(2)10-5-6-12-11(7-10)13-9(3)14-12/h5-8H,4H2,1-3H3/t8-/m1/s1. The van der Waals surface area contributed by atoms with Crippen molar-refractivity contribution in [3.8, 4) is 0 Å². The van der Waals surface area contributed by atoms with Crippen molar-refractivity contribution in [2.24, 2.45) is 0 Å². The summed E-state index contributed by atoms with van der Waals surface area (Å²) in [6, 6.07) is 6.26. The molecule has 0 spiro atoms. The number of hydrogen-bond acceptors (Lipinski definition) is 2. The van der Waals surface area contributed by atoms with Crippen molar-refractivity contribution in [3.05, 3.63) is 29.7 Å². The molecule has 0 radical (unpaired) electrons. The Balaban J connectivity index is 2.50. The fourth-order valence-electron chi connectivity index (χ4n) is 1.60. The lowest BCUT2D eigenvalue weighted by molar-refractivity contribution is 0.561. The van der Waals surface area contributed by atoms with E-state index in [-0.39, 0.29) is 0 Å². The zero-order valence-corrected chi connectivity index (χ0v) is 8.87. The van der Waals surface area contributed by atoms with E-state index < -0.39 is 0 Å². The van der Waals surface area contributed by atoms with Crippen LogP contribution in [0.25, 0.3) is 11.1 Å². The van der Waals surface area contributed by atoms with E-state index in [1.807, 2.05) is 13.0 Å². The Morgan fingerprint density at radius 1 is 1.43 bits per heavy atom. The average Bonchev–Trinajstić information content (AvgIpc) is 2.55. The van der Waals surface area contributed by atoms with Gasteiger partial charge in [-0.1, -0.05) is 19.9 Å². The molecule has 0 fully saturated rings. The molecule has 0 aliphatic rings. The van der Waals surface area contributed by atoms with Crippen molar-refractivity contribution in [2.45, 2.75) is 33.1 Å². The molecule has 74 valence electrons. The maximum Gasteiger partial charge on any atom is 0.192 e. The summed E-state index contributed by atoms with van der Waals surface area (Å²) in [4.78, 5) is 4.32. The lowest BCUT2D eigenvalue weighted by atomic mass is 9.98. The summed E-state index contributed by atoms with van der Waals surface area (Å²) >= 11 is 0. The highest BCUT2D eigenvalue weighted by Crippen LogP contribution is 2.23. The van der Waals surface area contributed by atoms with Crippen molar-refractivity contribution < 1.29 is 4.42 Å². The summed E-state index contributed by atoms with van der Waals surface area (Å²) in [7, 11) is 0. The Labute approximate surface area is 84.0 Å². The first-order chi connectivity index (χ1) is 6.70.